The van der Waals surface area contributed by atoms with E-state index in [4.69, 9.17) is 4.42 Å². The summed E-state index contributed by atoms with van der Waals surface area (Å²) in [5, 5.41) is 11.9. The van der Waals surface area contributed by atoms with Crippen LogP contribution in [0.4, 0.5) is 0 Å². The SMILES string of the molecule is CC(C)c1ccc(-c2ncc(CSc3nnc(-c4cccs4)o3)s2)cc1. The van der Waals surface area contributed by atoms with Crippen LogP contribution in [0.5, 0.6) is 0 Å². The van der Waals surface area contributed by atoms with Crippen LogP contribution in [-0.2, 0) is 5.75 Å². The van der Waals surface area contributed by atoms with Crippen LogP contribution in [0.25, 0.3) is 21.3 Å². The van der Waals surface area contributed by atoms with Crippen LogP contribution in [0.2, 0.25) is 0 Å². The Balaban J connectivity index is 1.41. The summed E-state index contributed by atoms with van der Waals surface area (Å²) in [5.74, 6) is 1.90. The average molecular weight is 400 g/mol. The maximum absolute atomic E-state index is 5.71. The van der Waals surface area contributed by atoms with Crippen LogP contribution < -0.4 is 0 Å². The maximum atomic E-state index is 5.71. The molecule has 26 heavy (non-hydrogen) atoms. The Morgan fingerprint density at radius 2 is 1.96 bits per heavy atom. The third-order valence-corrected chi connectivity index (χ3v) is 6.81. The van der Waals surface area contributed by atoms with E-state index >= 15 is 0 Å². The van der Waals surface area contributed by atoms with Crippen LogP contribution >= 0.6 is 34.4 Å². The number of benzene rings is 1. The van der Waals surface area contributed by atoms with Crippen molar-refractivity contribution in [1.29, 1.82) is 0 Å². The Morgan fingerprint density at radius 3 is 2.69 bits per heavy atom. The van der Waals surface area contributed by atoms with E-state index in [0.717, 1.165) is 21.2 Å². The van der Waals surface area contributed by atoms with Gasteiger partial charge in [-0.2, -0.15) is 0 Å². The number of thiophene rings is 1. The van der Waals surface area contributed by atoms with Gasteiger partial charge in [0.2, 0.25) is 0 Å². The van der Waals surface area contributed by atoms with Crippen LogP contribution in [-0.4, -0.2) is 15.2 Å². The highest BCUT2D eigenvalue weighted by Crippen LogP contribution is 2.32. The first-order valence-corrected chi connectivity index (χ1v) is 10.9. The minimum absolute atomic E-state index is 0.542. The topological polar surface area (TPSA) is 51.8 Å². The minimum atomic E-state index is 0.542. The first kappa shape index (κ1) is 17.5. The van der Waals surface area contributed by atoms with Gasteiger partial charge in [-0.25, -0.2) is 4.98 Å². The molecule has 0 saturated carbocycles. The van der Waals surface area contributed by atoms with Crippen molar-refractivity contribution in [3.8, 4) is 21.3 Å². The summed E-state index contributed by atoms with van der Waals surface area (Å²) in [6, 6.07) is 12.6. The molecule has 0 aliphatic rings. The molecule has 0 unspecified atom stereocenters. The van der Waals surface area contributed by atoms with Crippen molar-refractivity contribution in [2.75, 3.05) is 0 Å². The lowest BCUT2D eigenvalue weighted by molar-refractivity contribution is 0.467. The summed E-state index contributed by atoms with van der Waals surface area (Å²) >= 11 is 4.84. The Kier molecular flexibility index (Phi) is 5.19. The van der Waals surface area contributed by atoms with Crippen molar-refractivity contribution < 1.29 is 4.42 Å². The highest BCUT2D eigenvalue weighted by atomic mass is 32.2. The van der Waals surface area contributed by atoms with Gasteiger partial charge in [0.15, 0.2) is 0 Å². The number of nitrogens with zero attached hydrogens (tertiary/aromatic N) is 3. The molecule has 4 nitrogen and oxygen atoms in total. The molecule has 3 aromatic heterocycles. The van der Waals surface area contributed by atoms with Gasteiger partial charge in [0.1, 0.15) is 5.01 Å². The molecule has 0 fully saturated rings. The predicted octanol–water partition coefficient (Wildman–Crippen LogP) is 6.34. The van der Waals surface area contributed by atoms with Crippen LogP contribution in [0.1, 0.15) is 30.2 Å². The van der Waals surface area contributed by atoms with Gasteiger partial charge < -0.3 is 4.42 Å². The number of rotatable bonds is 6. The number of hydrogen-bond donors (Lipinski definition) is 0. The molecule has 0 atom stereocenters. The first-order chi connectivity index (χ1) is 12.7. The number of hydrogen-bond acceptors (Lipinski definition) is 7. The minimum Gasteiger partial charge on any atom is -0.410 e. The summed E-state index contributed by atoms with van der Waals surface area (Å²) in [7, 11) is 0. The average Bonchev–Trinajstić information content (AvgIpc) is 3.40. The lowest BCUT2D eigenvalue weighted by atomic mass is 10.0. The van der Waals surface area contributed by atoms with E-state index in [9.17, 15) is 0 Å². The highest BCUT2D eigenvalue weighted by molar-refractivity contribution is 7.98. The van der Waals surface area contributed by atoms with Crippen molar-refractivity contribution in [1.82, 2.24) is 15.2 Å². The van der Waals surface area contributed by atoms with Gasteiger partial charge in [0.25, 0.3) is 11.1 Å². The fourth-order valence-electron chi connectivity index (χ4n) is 2.42. The third kappa shape index (κ3) is 3.90. The molecule has 3 heterocycles. The molecule has 0 bridgehead atoms. The van der Waals surface area contributed by atoms with Gasteiger partial charge in [-0.1, -0.05) is 55.9 Å². The lowest BCUT2D eigenvalue weighted by Crippen LogP contribution is -1.86. The van der Waals surface area contributed by atoms with Crippen molar-refractivity contribution >= 4 is 34.4 Å². The largest absolute Gasteiger partial charge is 0.410 e. The van der Waals surface area contributed by atoms with E-state index in [1.165, 1.54) is 10.4 Å². The molecule has 0 aliphatic carbocycles. The molecule has 1 aromatic carbocycles. The molecule has 0 aliphatic heterocycles. The van der Waals surface area contributed by atoms with E-state index in [0.29, 0.717) is 17.0 Å². The zero-order chi connectivity index (χ0) is 17.9. The smallest absolute Gasteiger partial charge is 0.277 e. The summed E-state index contributed by atoms with van der Waals surface area (Å²) < 4.78 is 5.71. The van der Waals surface area contributed by atoms with E-state index in [2.05, 4.69) is 53.3 Å². The molecule has 132 valence electrons. The van der Waals surface area contributed by atoms with Gasteiger partial charge >= 0.3 is 0 Å². The molecule has 0 saturated heterocycles. The zero-order valence-corrected chi connectivity index (χ0v) is 16.8. The van der Waals surface area contributed by atoms with Gasteiger partial charge in [0, 0.05) is 22.4 Å². The second-order valence-corrected chi connectivity index (χ2v) is 9.04. The Bertz CT molecular complexity index is 972. The Hall–Kier alpha value is -1.96. The van der Waals surface area contributed by atoms with Crippen LogP contribution in [0.15, 0.2) is 57.6 Å². The number of aromatic nitrogens is 3. The van der Waals surface area contributed by atoms with Crippen LogP contribution in [0.3, 0.4) is 0 Å². The molecular formula is C19H17N3OS3. The van der Waals surface area contributed by atoms with E-state index in [-0.39, 0.29) is 0 Å². The van der Waals surface area contributed by atoms with E-state index < -0.39 is 0 Å². The molecular weight excluding hydrogens is 382 g/mol. The second-order valence-electron chi connectivity index (χ2n) is 6.05. The van der Waals surface area contributed by atoms with Crippen molar-refractivity contribution in [2.45, 2.75) is 30.7 Å². The van der Waals surface area contributed by atoms with Crippen molar-refractivity contribution in [3.05, 3.63) is 58.4 Å². The molecule has 0 radical (unpaired) electrons. The van der Waals surface area contributed by atoms with Crippen molar-refractivity contribution in [2.24, 2.45) is 0 Å². The summed E-state index contributed by atoms with van der Waals surface area (Å²) in [6.07, 6.45) is 1.93. The van der Waals surface area contributed by atoms with Gasteiger partial charge in [0.05, 0.1) is 4.88 Å². The molecule has 4 aromatic rings. The maximum Gasteiger partial charge on any atom is 0.277 e. The lowest BCUT2D eigenvalue weighted by Gasteiger charge is -2.05. The molecule has 7 heteroatoms. The van der Waals surface area contributed by atoms with Gasteiger partial charge in [-0.3, -0.25) is 0 Å². The monoisotopic (exact) mass is 399 g/mol. The third-order valence-electron chi connectivity index (χ3n) is 3.85. The fraction of sp³-hybridized carbons (Fsp3) is 0.211. The molecule has 0 N–H and O–H groups in total. The molecule has 0 spiro atoms. The Labute approximate surface area is 164 Å². The highest BCUT2D eigenvalue weighted by Gasteiger charge is 2.11. The fourth-order valence-corrected chi connectivity index (χ4v) is 4.77. The summed E-state index contributed by atoms with van der Waals surface area (Å²) in [5.41, 5.74) is 2.51. The first-order valence-electron chi connectivity index (χ1n) is 8.24. The van der Waals surface area contributed by atoms with Crippen molar-refractivity contribution in [3.63, 3.8) is 0 Å². The molecule has 4 rings (SSSR count). The van der Waals surface area contributed by atoms with Crippen LogP contribution in [0, 0.1) is 0 Å². The van der Waals surface area contributed by atoms with Gasteiger partial charge in [-0.15, -0.1) is 32.9 Å². The summed E-state index contributed by atoms with van der Waals surface area (Å²) in [6.45, 7) is 4.41. The van der Waals surface area contributed by atoms with E-state index in [1.54, 1.807) is 34.4 Å². The summed E-state index contributed by atoms with van der Waals surface area (Å²) in [4.78, 5) is 6.74. The quantitative estimate of drug-likeness (QED) is 0.354. The Morgan fingerprint density at radius 1 is 1.12 bits per heavy atom. The zero-order valence-electron chi connectivity index (χ0n) is 14.4. The number of thiazole rings is 1. The van der Waals surface area contributed by atoms with Gasteiger partial charge in [-0.05, 0) is 22.9 Å². The normalized spacial score (nSPS) is 11.3. The second kappa shape index (κ2) is 7.73. The predicted molar refractivity (Wildman–Crippen MR) is 109 cm³/mol. The molecule has 0 amide bonds. The van der Waals surface area contributed by atoms with E-state index in [1.807, 2.05) is 23.7 Å². The number of thioether (sulfide) groups is 1. The standard InChI is InChI=1S/C19H17N3OS3/c1-12(2)13-5-7-14(8-6-13)18-20-10-15(26-18)11-25-19-22-21-17(23-19)16-4-3-9-24-16/h3-10,12H,11H2,1-2H3.